The van der Waals surface area contributed by atoms with Gasteiger partial charge in [0.05, 0.1) is 5.56 Å². The molecule has 1 aliphatic rings. The van der Waals surface area contributed by atoms with E-state index in [-0.39, 0.29) is 5.91 Å². The van der Waals surface area contributed by atoms with Gasteiger partial charge >= 0.3 is 0 Å². The summed E-state index contributed by atoms with van der Waals surface area (Å²) in [6.45, 7) is 1.40. The van der Waals surface area contributed by atoms with Crippen LogP contribution in [0, 0.1) is 0 Å². The summed E-state index contributed by atoms with van der Waals surface area (Å²) < 4.78 is 0. The van der Waals surface area contributed by atoms with Crippen LogP contribution in [-0.4, -0.2) is 33.9 Å². The van der Waals surface area contributed by atoms with Gasteiger partial charge in [0.2, 0.25) is 0 Å². The Hall–Kier alpha value is -2.88. The number of carbonyl (C=O) groups excluding carboxylic acids is 1. The van der Waals surface area contributed by atoms with Crippen molar-refractivity contribution in [2.24, 2.45) is 0 Å². The summed E-state index contributed by atoms with van der Waals surface area (Å²) in [7, 11) is 0. The number of nitrogens with zero attached hydrogens (tertiary/aromatic N) is 2. The third-order valence-corrected chi connectivity index (χ3v) is 4.23. The Morgan fingerprint density at radius 3 is 2.91 bits per heavy atom. The number of amides is 1. The Labute approximate surface area is 134 Å². The molecule has 1 aliphatic heterocycles. The molecular formula is C19H17N3O. The van der Waals surface area contributed by atoms with Gasteiger partial charge < -0.3 is 9.88 Å². The van der Waals surface area contributed by atoms with Crippen LogP contribution >= 0.6 is 0 Å². The van der Waals surface area contributed by atoms with Crippen LogP contribution < -0.4 is 0 Å². The quantitative estimate of drug-likeness (QED) is 0.788. The van der Waals surface area contributed by atoms with E-state index in [0.29, 0.717) is 12.1 Å². The van der Waals surface area contributed by atoms with Gasteiger partial charge in [0.1, 0.15) is 5.65 Å². The summed E-state index contributed by atoms with van der Waals surface area (Å²) in [5.74, 6) is 0.0436. The number of carbonyl (C=O) groups is 1. The minimum absolute atomic E-state index is 0.0436. The molecule has 0 bridgehead atoms. The van der Waals surface area contributed by atoms with Crippen molar-refractivity contribution in [3.8, 4) is 0 Å². The number of pyridine rings is 1. The molecule has 0 radical (unpaired) electrons. The molecule has 1 aromatic carbocycles. The van der Waals surface area contributed by atoms with Crippen molar-refractivity contribution in [2.45, 2.75) is 6.42 Å². The average Bonchev–Trinajstić information content (AvgIpc) is 3.09. The van der Waals surface area contributed by atoms with Gasteiger partial charge in [0.15, 0.2) is 0 Å². The Kier molecular flexibility index (Phi) is 3.42. The molecule has 114 valence electrons. The van der Waals surface area contributed by atoms with Crippen molar-refractivity contribution >= 4 is 22.5 Å². The zero-order chi connectivity index (χ0) is 15.6. The zero-order valence-corrected chi connectivity index (χ0v) is 12.7. The van der Waals surface area contributed by atoms with Gasteiger partial charge in [0, 0.05) is 30.9 Å². The molecule has 1 N–H and O–H groups in total. The van der Waals surface area contributed by atoms with Crippen LogP contribution in [0.25, 0.3) is 16.6 Å². The molecule has 3 heterocycles. The highest BCUT2D eigenvalue weighted by atomic mass is 16.2. The minimum Gasteiger partial charge on any atom is -0.346 e. The molecule has 4 rings (SSSR count). The molecule has 0 fully saturated rings. The van der Waals surface area contributed by atoms with E-state index in [1.165, 1.54) is 11.1 Å². The number of rotatable bonds is 2. The Morgan fingerprint density at radius 2 is 2.04 bits per heavy atom. The lowest BCUT2D eigenvalue weighted by Crippen LogP contribution is -2.35. The lowest BCUT2D eigenvalue weighted by atomic mass is 10.0. The molecule has 23 heavy (non-hydrogen) atoms. The normalized spacial score (nSPS) is 14.8. The number of benzene rings is 1. The second-order valence-electron chi connectivity index (χ2n) is 5.75. The summed E-state index contributed by atoms with van der Waals surface area (Å²) in [6, 6.07) is 14.1. The number of H-pyrrole nitrogens is 1. The maximum Gasteiger partial charge on any atom is 0.255 e. The summed E-state index contributed by atoms with van der Waals surface area (Å²) in [6.07, 6.45) is 6.60. The Morgan fingerprint density at radius 1 is 1.17 bits per heavy atom. The van der Waals surface area contributed by atoms with E-state index < -0.39 is 0 Å². The van der Waals surface area contributed by atoms with E-state index in [0.717, 1.165) is 24.0 Å². The first-order chi connectivity index (χ1) is 11.3. The molecule has 3 aromatic rings. The van der Waals surface area contributed by atoms with Gasteiger partial charge in [-0.2, -0.15) is 0 Å². The monoisotopic (exact) mass is 303 g/mol. The van der Waals surface area contributed by atoms with Crippen molar-refractivity contribution in [1.29, 1.82) is 0 Å². The van der Waals surface area contributed by atoms with Crippen LogP contribution in [0.4, 0.5) is 0 Å². The largest absolute Gasteiger partial charge is 0.346 e. The number of hydrogen-bond donors (Lipinski definition) is 1. The molecule has 0 spiro atoms. The topological polar surface area (TPSA) is 49.0 Å². The smallest absolute Gasteiger partial charge is 0.255 e. The predicted octanol–water partition coefficient (Wildman–Crippen LogP) is 3.49. The van der Waals surface area contributed by atoms with Crippen LogP contribution in [-0.2, 0) is 0 Å². The third-order valence-electron chi connectivity index (χ3n) is 4.23. The van der Waals surface area contributed by atoms with Crippen LogP contribution in [0.5, 0.6) is 0 Å². The maximum atomic E-state index is 12.8. The Balaban J connectivity index is 1.58. The fourth-order valence-corrected chi connectivity index (χ4v) is 3.02. The van der Waals surface area contributed by atoms with Crippen LogP contribution in [0.1, 0.15) is 22.3 Å². The predicted molar refractivity (Wildman–Crippen MR) is 91.0 cm³/mol. The molecule has 0 atom stereocenters. The van der Waals surface area contributed by atoms with Gasteiger partial charge in [-0.15, -0.1) is 0 Å². The van der Waals surface area contributed by atoms with Gasteiger partial charge in [-0.3, -0.25) is 4.79 Å². The van der Waals surface area contributed by atoms with E-state index >= 15 is 0 Å². The second-order valence-corrected chi connectivity index (χ2v) is 5.75. The molecule has 4 nitrogen and oxygen atoms in total. The molecule has 0 saturated heterocycles. The van der Waals surface area contributed by atoms with Gasteiger partial charge in [0.25, 0.3) is 5.91 Å². The lowest BCUT2D eigenvalue weighted by Gasteiger charge is -2.27. The zero-order valence-electron chi connectivity index (χ0n) is 12.7. The van der Waals surface area contributed by atoms with Crippen molar-refractivity contribution in [1.82, 2.24) is 14.9 Å². The third kappa shape index (κ3) is 2.63. The van der Waals surface area contributed by atoms with Crippen LogP contribution in [0.2, 0.25) is 0 Å². The molecule has 4 heteroatoms. The second kappa shape index (κ2) is 5.72. The van der Waals surface area contributed by atoms with E-state index in [1.54, 1.807) is 6.20 Å². The van der Waals surface area contributed by atoms with E-state index in [1.807, 2.05) is 41.4 Å². The van der Waals surface area contributed by atoms with E-state index in [2.05, 4.69) is 28.2 Å². The number of nitrogens with one attached hydrogen (secondary N) is 1. The summed E-state index contributed by atoms with van der Waals surface area (Å²) in [4.78, 5) is 22.1. The summed E-state index contributed by atoms with van der Waals surface area (Å²) in [5.41, 5.74) is 3.85. The lowest BCUT2D eigenvalue weighted by molar-refractivity contribution is 0.0774. The standard InChI is InChI=1S/C19H17N3O/c23-19(17-11-15-8-9-20-18(15)21-12-17)22-10-4-7-16(13-22)14-5-2-1-3-6-14/h1-3,5-9,11-12H,4,10,13H2,(H,20,21). The van der Waals surface area contributed by atoms with Crippen molar-refractivity contribution < 1.29 is 4.79 Å². The highest BCUT2D eigenvalue weighted by molar-refractivity contribution is 5.97. The van der Waals surface area contributed by atoms with Gasteiger partial charge in [-0.25, -0.2) is 4.98 Å². The average molecular weight is 303 g/mol. The number of aromatic amines is 1. The molecule has 0 aliphatic carbocycles. The van der Waals surface area contributed by atoms with Crippen LogP contribution in [0.15, 0.2) is 60.9 Å². The Bertz CT molecular complexity index is 880. The first-order valence-corrected chi connectivity index (χ1v) is 7.78. The van der Waals surface area contributed by atoms with Gasteiger partial charge in [-0.05, 0) is 29.7 Å². The maximum absolute atomic E-state index is 12.8. The molecule has 0 saturated carbocycles. The van der Waals surface area contributed by atoms with E-state index in [9.17, 15) is 4.79 Å². The molecule has 2 aromatic heterocycles. The summed E-state index contributed by atoms with van der Waals surface area (Å²) in [5, 5.41) is 0.965. The highest BCUT2D eigenvalue weighted by Gasteiger charge is 2.20. The fourth-order valence-electron chi connectivity index (χ4n) is 3.02. The molecule has 1 amide bonds. The highest BCUT2D eigenvalue weighted by Crippen LogP contribution is 2.22. The molecular weight excluding hydrogens is 286 g/mol. The fraction of sp³-hybridized carbons (Fsp3) is 0.158. The van der Waals surface area contributed by atoms with Crippen LogP contribution in [0.3, 0.4) is 0 Å². The number of aromatic nitrogens is 2. The van der Waals surface area contributed by atoms with Crippen molar-refractivity contribution in [3.05, 3.63) is 72.1 Å². The molecule has 0 unspecified atom stereocenters. The SMILES string of the molecule is O=C(c1cnc2[nH]ccc2c1)N1CCC=C(c2ccccc2)C1. The van der Waals surface area contributed by atoms with Crippen molar-refractivity contribution in [3.63, 3.8) is 0 Å². The first-order valence-electron chi connectivity index (χ1n) is 7.78. The number of hydrogen-bond acceptors (Lipinski definition) is 2. The van der Waals surface area contributed by atoms with Gasteiger partial charge in [-0.1, -0.05) is 36.4 Å². The van der Waals surface area contributed by atoms with E-state index in [4.69, 9.17) is 0 Å². The van der Waals surface area contributed by atoms with Crippen molar-refractivity contribution in [2.75, 3.05) is 13.1 Å². The number of fused-ring (bicyclic) bond motifs is 1. The minimum atomic E-state index is 0.0436. The first kappa shape index (κ1) is 13.8. The summed E-state index contributed by atoms with van der Waals surface area (Å²) >= 11 is 0.